The van der Waals surface area contributed by atoms with Crippen molar-refractivity contribution in [2.24, 2.45) is 0 Å². The number of carboxylic acid groups (broad SMARTS) is 1. The minimum Gasteiger partial charge on any atom is -0.493 e. The molecule has 0 atom stereocenters. The van der Waals surface area contributed by atoms with Crippen LogP contribution in [0.1, 0.15) is 10.4 Å². The van der Waals surface area contributed by atoms with E-state index in [0.717, 1.165) is 12.1 Å². The Morgan fingerprint density at radius 3 is 2.34 bits per heavy atom. The van der Waals surface area contributed by atoms with Gasteiger partial charge in [-0.25, -0.2) is 26.4 Å². The maximum Gasteiger partial charge on any atom is 0.337 e. The maximum absolute atomic E-state index is 13.9. The summed E-state index contributed by atoms with van der Waals surface area (Å²) >= 11 is 0. The van der Waals surface area contributed by atoms with Crippen LogP contribution < -0.4 is 14.2 Å². The molecule has 158 valence electrons. The van der Waals surface area contributed by atoms with Crippen LogP contribution >= 0.6 is 0 Å². The molecule has 2 rings (SSSR count). The van der Waals surface area contributed by atoms with E-state index in [1.54, 1.807) is 0 Å². The number of anilines is 1. The van der Waals surface area contributed by atoms with Crippen LogP contribution in [0.3, 0.4) is 0 Å². The third-order valence-electron chi connectivity index (χ3n) is 3.61. The third-order valence-corrected chi connectivity index (χ3v) is 5.00. The van der Waals surface area contributed by atoms with Crippen LogP contribution in [0.25, 0.3) is 0 Å². The van der Waals surface area contributed by atoms with Gasteiger partial charge in [0.2, 0.25) is 0 Å². The number of ether oxygens (including phenoxy) is 3. The Kier molecular flexibility index (Phi) is 6.93. The molecule has 0 bridgehead atoms. The summed E-state index contributed by atoms with van der Waals surface area (Å²) in [6, 6.07) is 2.94. The highest BCUT2D eigenvalue weighted by Gasteiger charge is 2.27. The Morgan fingerprint density at radius 1 is 1.07 bits per heavy atom. The van der Waals surface area contributed by atoms with Gasteiger partial charge in [-0.05, 0) is 12.1 Å². The number of rotatable bonds is 9. The first-order valence-corrected chi connectivity index (χ1v) is 9.34. The van der Waals surface area contributed by atoms with Crippen molar-refractivity contribution in [2.75, 3.05) is 32.2 Å². The Balaban J connectivity index is 2.53. The number of benzene rings is 2. The van der Waals surface area contributed by atoms with Gasteiger partial charge in [0.25, 0.3) is 10.0 Å². The number of nitrogens with one attached hydrogen (secondary N) is 1. The zero-order chi connectivity index (χ0) is 21.8. The van der Waals surface area contributed by atoms with Gasteiger partial charge in [-0.2, -0.15) is 0 Å². The van der Waals surface area contributed by atoms with E-state index in [4.69, 9.17) is 14.2 Å². The fraction of sp³-hybridized carbons (Fsp3) is 0.235. The van der Waals surface area contributed by atoms with E-state index in [2.05, 4.69) is 0 Å². The van der Waals surface area contributed by atoms with Crippen LogP contribution in [-0.2, 0) is 14.8 Å². The Bertz CT molecular complexity index is 1030. The highest BCUT2D eigenvalue weighted by molar-refractivity contribution is 7.92. The molecule has 0 aliphatic heterocycles. The number of methoxy groups -OCH3 is 2. The SMILES string of the molecule is COCCOc1cc(NS(=O)(=O)c2ccc(F)c(F)c2F)c(C(=O)O)cc1OC. The first-order chi connectivity index (χ1) is 13.6. The maximum atomic E-state index is 13.9. The molecule has 0 saturated heterocycles. The first-order valence-electron chi connectivity index (χ1n) is 7.85. The van der Waals surface area contributed by atoms with Crippen LogP contribution in [0.15, 0.2) is 29.2 Å². The standard InChI is InChI=1S/C17H16F3NO7S/c1-26-5-6-28-13-8-11(9(17(22)23)7-12(13)27-2)21-29(24,25)14-4-3-10(18)15(19)16(14)20/h3-4,7-8,21H,5-6H2,1-2H3,(H,22,23). The number of halogens is 3. The quantitative estimate of drug-likeness (QED) is 0.460. The zero-order valence-electron chi connectivity index (χ0n) is 15.2. The van der Waals surface area contributed by atoms with E-state index in [1.807, 2.05) is 4.72 Å². The second-order valence-electron chi connectivity index (χ2n) is 5.47. The number of hydrogen-bond donors (Lipinski definition) is 2. The van der Waals surface area contributed by atoms with Crippen molar-refractivity contribution >= 4 is 21.7 Å². The van der Waals surface area contributed by atoms with Gasteiger partial charge >= 0.3 is 5.97 Å². The van der Waals surface area contributed by atoms with Gasteiger partial charge in [-0.15, -0.1) is 0 Å². The van der Waals surface area contributed by atoms with Crippen molar-refractivity contribution in [3.8, 4) is 11.5 Å². The summed E-state index contributed by atoms with van der Waals surface area (Å²) in [5.41, 5.74) is -1.05. The molecule has 12 heteroatoms. The molecule has 0 unspecified atom stereocenters. The van der Waals surface area contributed by atoms with E-state index in [9.17, 15) is 31.5 Å². The smallest absolute Gasteiger partial charge is 0.337 e. The summed E-state index contributed by atoms with van der Waals surface area (Å²) in [5.74, 6) is -7.08. The third kappa shape index (κ3) is 4.90. The average Bonchev–Trinajstić information content (AvgIpc) is 2.65. The van der Waals surface area contributed by atoms with Crippen molar-refractivity contribution in [3.63, 3.8) is 0 Å². The summed E-state index contributed by atoms with van der Waals surface area (Å²) < 4.78 is 82.4. The monoisotopic (exact) mass is 435 g/mol. The zero-order valence-corrected chi connectivity index (χ0v) is 16.0. The van der Waals surface area contributed by atoms with E-state index < -0.39 is 49.6 Å². The molecule has 0 heterocycles. The largest absolute Gasteiger partial charge is 0.493 e. The van der Waals surface area contributed by atoms with Crippen molar-refractivity contribution in [2.45, 2.75) is 4.90 Å². The Morgan fingerprint density at radius 2 is 1.76 bits per heavy atom. The summed E-state index contributed by atoms with van der Waals surface area (Å²) in [4.78, 5) is 10.3. The van der Waals surface area contributed by atoms with Crippen molar-refractivity contribution in [1.29, 1.82) is 0 Å². The lowest BCUT2D eigenvalue weighted by Crippen LogP contribution is -2.18. The molecule has 2 aromatic carbocycles. The van der Waals surface area contributed by atoms with Crippen LogP contribution in [0.2, 0.25) is 0 Å². The van der Waals surface area contributed by atoms with Gasteiger partial charge in [0.15, 0.2) is 29.0 Å². The molecule has 29 heavy (non-hydrogen) atoms. The van der Waals surface area contributed by atoms with Gasteiger partial charge in [-0.1, -0.05) is 0 Å². The molecule has 2 aromatic rings. The highest BCUT2D eigenvalue weighted by atomic mass is 32.2. The second-order valence-corrected chi connectivity index (χ2v) is 7.12. The van der Waals surface area contributed by atoms with Gasteiger partial charge < -0.3 is 19.3 Å². The van der Waals surface area contributed by atoms with Crippen LogP contribution in [0.5, 0.6) is 11.5 Å². The molecular formula is C17H16F3NO7S. The molecule has 2 N–H and O–H groups in total. The lowest BCUT2D eigenvalue weighted by Gasteiger charge is -2.16. The van der Waals surface area contributed by atoms with Crippen LogP contribution in [-0.4, -0.2) is 46.9 Å². The number of hydrogen-bond acceptors (Lipinski definition) is 6. The van der Waals surface area contributed by atoms with E-state index in [-0.39, 0.29) is 24.7 Å². The molecule has 0 amide bonds. The number of sulfonamides is 1. The lowest BCUT2D eigenvalue weighted by atomic mass is 10.1. The molecule has 8 nitrogen and oxygen atoms in total. The van der Waals surface area contributed by atoms with E-state index in [0.29, 0.717) is 12.1 Å². The average molecular weight is 435 g/mol. The number of carbonyl (C=O) groups is 1. The molecule has 0 spiro atoms. The molecule has 0 radical (unpaired) electrons. The molecular weight excluding hydrogens is 419 g/mol. The van der Waals surface area contributed by atoms with Crippen LogP contribution in [0, 0.1) is 17.5 Å². The molecule has 0 aromatic heterocycles. The van der Waals surface area contributed by atoms with Gasteiger partial charge in [0, 0.05) is 19.2 Å². The highest BCUT2D eigenvalue weighted by Crippen LogP contribution is 2.35. The fourth-order valence-electron chi connectivity index (χ4n) is 2.24. The minimum atomic E-state index is -4.82. The lowest BCUT2D eigenvalue weighted by molar-refractivity contribution is 0.0697. The fourth-order valence-corrected chi connectivity index (χ4v) is 3.39. The minimum absolute atomic E-state index is 0.0135. The van der Waals surface area contributed by atoms with Gasteiger partial charge in [0.1, 0.15) is 11.5 Å². The van der Waals surface area contributed by atoms with Crippen molar-refractivity contribution in [1.82, 2.24) is 0 Å². The summed E-state index contributed by atoms with van der Waals surface area (Å²) in [5, 5.41) is 9.36. The second kappa shape index (κ2) is 9.01. The topological polar surface area (TPSA) is 111 Å². The number of aromatic carboxylic acids is 1. The van der Waals surface area contributed by atoms with E-state index >= 15 is 0 Å². The summed E-state index contributed by atoms with van der Waals surface area (Å²) in [6.45, 7) is 0.203. The normalized spacial score (nSPS) is 11.2. The summed E-state index contributed by atoms with van der Waals surface area (Å²) in [6.07, 6.45) is 0. The summed E-state index contributed by atoms with van der Waals surface area (Å²) in [7, 11) is -2.16. The molecule has 0 aliphatic rings. The first kappa shape index (κ1) is 22.3. The molecule has 0 fully saturated rings. The Hall–Kier alpha value is -2.99. The number of carboxylic acids is 1. The van der Waals surface area contributed by atoms with Crippen molar-refractivity contribution < 1.29 is 45.7 Å². The predicted octanol–water partition coefficient (Wildman–Crippen LogP) is 2.64. The van der Waals surface area contributed by atoms with Crippen LogP contribution in [0.4, 0.5) is 18.9 Å². The van der Waals surface area contributed by atoms with Crippen molar-refractivity contribution in [3.05, 3.63) is 47.3 Å². The molecule has 0 aliphatic carbocycles. The van der Waals surface area contributed by atoms with Gasteiger partial charge in [0.05, 0.1) is 25.0 Å². The predicted molar refractivity (Wildman–Crippen MR) is 94.4 cm³/mol. The van der Waals surface area contributed by atoms with E-state index in [1.165, 1.54) is 14.2 Å². The Labute approximate surface area is 163 Å². The van der Waals surface area contributed by atoms with Gasteiger partial charge in [-0.3, -0.25) is 4.72 Å². The molecule has 0 saturated carbocycles.